The number of phenolic OH excluding ortho intramolecular Hbond substituents is 1. The van der Waals surface area contributed by atoms with E-state index in [1.54, 1.807) is 44.3 Å². The van der Waals surface area contributed by atoms with Crippen LogP contribution in [0.15, 0.2) is 72.2 Å². The summed E-state index contributed by atoms with van der Waals surface area (Å²) in [5.41, 5.74) is 24.2. The Morgan fingerprint density at radius 2 is 1.35 bits per heavy atom. The van der Waals surface area contributed by atoms with Crippen molar-refractivity contribution in [1.82, 2.24) is 62.4 Å². The molecule has 8 unspecified atom stereocenters. The number of likely N-dealkylation sites (tertiary alicyclic amines) is 1. The number of rotatable bonds is 34. The zero-order valence-electron chi connectivity index (χ0n) is 47.6. The van der Waals surface area contributed by atoms with Gasteiger partial charge in [0.1, 0.15) is 48.0 Å². The number of carbonyl (C=O) groups is 11. The number of fused-ring (bicyclic) bond motifs is 1. The van der Waals surface area contributed by atoms with E-state index in [2.05, 4.69) is 62.5 Å². The summed E-state index contributed by atoms with van der Waals surface area (Å²) < 4.78 is 0. The van der Waals surface area contributed by atoms with Crippen molar-refractivity contribution in [2.24, 2.45) is 33.8 Å². The van der Waals surface area contributed by atoms with Crippen LogP contribution >= 0.6 is 0 Å². The fourth-order valence-corrected chi connectivity index (χ4v) is 9.40. The van der Waals surface area contributed by atoms with Gasteiger partial charge in [-0.1, -0.05) is 44.2 Å². The van der Waals surface area contributed by atoms with Gasteiger partial charge in [0.15, 0.2) is 5.96 Å². The standard InChI is InChI=1S/C55H77N17O14/c1-29(2)19-38(49(81)67-37(9-5-17-61-55(58)59)54(86)72-18-6-10-43(72)53(85)63-25-44(57)75)66-45(76)26-64-48(80)39(20-30-11-13-33(74)14-12-30)69-52(84)42(27-73)71-50(82)40(21-31-23-62-36-8-4-3-7-34(31)36)70-51(83)41(22-32-24-60-28-65-32)68-47(79)35(56)15-16-46(77)78/h3-4,7-8,11-14,23-24,28-29,35,37-43,62,73-74H,5-6,9-10,15-22,25-27,56H2,1-2H3,(H2,57,75)(H,60,65)(H,63,85)(H,64,80)(H,66,76)(H,67,81)(H,68,79)(H,69,84)(H,70,83)(H,71,82)(H,77,78)(H4,58,59,61). The van der Waals surface area contributed by atoms with Gasteiger partial charge in [-0.05, 0) is 73.8 Å². The van der Waals surface area contributed by atoms with E-state index in [1.807, 2.05) is 0 Å². The van der Waals surface area contributed by atoms with Crippen LogP contribution in [0.3, 0.4) is 0 Å². The van der Waals surface area contributed by atoms with Gasteiger partial charge in [-0.2, -0.15) is 0 Å². The zero-order chi connectivity index (χ0) is 63.0. The summed E-state index contributed by atoms with van der Waals surface area (Å²) in [5.74, 6) is -10.2. The third-order valence-electron chi connectivity index (χ3n) is 13.8. The van der Waals surface area contributed by atoms with Crippen molar-refractivity contribution in [3.63, 3.8) is 0 Å². The Hall–Kier alpha value is -9.65. The summed E-state index contributed by atoms with van der Waals surface area (Å²) >= 11 is 0. The van der Waals surface area contributed by atoms with E-state index in [0.29, 0.717) is 34.1 Å². The second-order valence-electron chi connectivity index (χ2n) is 21.0. The summed E-state index contributed by atoms with van der Waals surface area (Å²) in [5, 5.41) is 50.7. The normalized spacial score (nSPS) is 15.3. The number of carboxylic acids is 1. The van der Waals surface area contributed by atoms with Crippen molar-refractivity contribution in [3.8, 4) is 5.75 Å². The van der Waals surface area contributed by atoms with Crippen molar-refractivity contribution >= 4 is 81.9 Å². The summed E-state index contributed by atoms with van der Waals surface area (Å²) in [6.45, 7) is 1.54. The molecule has 2 aromatic heterocycles. The lowest BCUT2D eigenvalue weighted by Gasteiger charge is -2.30. The molecule has 21 N–H and O–H groups in total. The van der Waals surface area contributed by atoms with E-state index in [4.69, 9.17) is 28.0 Å². The number of aliphatic imine (C=N–C) groups is 1. The molecule has 3 heterocycles. The zero-order valence-corrected chi connectivity index (χ0v) is 47.6. The molecule has 1 aliphatic heterocycles. The van der Waals surface area contributed by atoms with E-state index in [0.717, 1.165) is 0 Å². The summed E-state index contributed by atoms with van der Waals surface area (Å²) in [6, 6.07) is 1.58. The minimum absolute atomic E-state index is 0.00740. The quantitative estimate of drug-likeness (QED) is 0.0119. The van der Waals surface area contributed by atoms with Gasteiger partial charge in [-0.25, -0.2) is 4.98 Å². The first-order valence-corrected chi connectivity index (χ1v) is 27.8. The van der Waals surface area contributed by atoms with Crippen molar-refractivity contribution in [2.75, 3.05) is 32.8 Å². The van der Waals surface area contributed by atoms with Crippen LogP contribution in [0.4, 0.5) is 0 Å². The number of nitrogens with two attached hydrogens (primary N) is 4. The number of nitrogens with one attached hydrogen (secondary N) is 10. The number of imidazole rings is 1. The molecule has 0 radical (unpaired) electrons. The average Bonchev–Trinajstić information content (AvgIpc) is 2.50. The molecule has 4 aromatic rings. The molecule has 86 heavy (non-hydrogen) atoms. The first kappa shape index (κ1) is 67.1. The number of carbonyl (C=O) groups excluding carboxylic acids is 10. The maximum absolute atomic E-state index is 14.4. The third-order valence-corrected chi connectivity index (χ3v) is 13.8. The number of aromatic hydroxyl groups is 1. The van der Waals surface area contributed by atoms with Crippen LogP contribution in [0.1, 0.15) is 75.6 Å². The molecule has 1 aliphatic rings. The number of hydrogen-bond acceptors (Lipinski definition) is 16. The molecule has 5 rings (SSSR count). The average molecular weight is 1200 g/mol. The topological polar surface area (TPSA) is 509 Å². The van der Waals surface area contributed by atoms with E-state index >= 15 is 0 Å². The molecular formula is C55H77N17O14. The second-order valence-corrected chi connectivity index (χ2v) is 21.0. The number of guanidine groups is 1. The number of aliphatic carboxylic acids is 1. The maximum atomic E-state index is 14.4. The smallest absolute Gasteiger partial charge is 0.303 e. The number of hydrogen-bond donors (Lipinski definition) is 17. The van der Waals surface area contributed by atoms with Crippen LogP contribution in [-0.4, -0.2) is 187 Å². The first-order valence-electron chi connectivity index (χ1n) is 27.8. The number of amides is 10. The number of aliphatic hydroxyl groups excluding tert-OH is 1. The monoisotopic (exact) mass is 1200 g/mol. The minimum Gasteiger partial charge on any atom is -0.508 e. The molecule has 31 nitrogen and oxygen atoms in total. The Morgan fingerprint density at radius 3 is 1.99 bits per heavy atom. The minimum atomic E-state index is -1.79. The van der Waals surface area contributed by atoms with Crippen molar-refractivity contribution in [1.29, 1.82) is 0 Å². The van der Waals surface area contributed by atoms with Gasteiger partial charge in [0.25, 0.3) is 0 Å². The van der Waals surface area contributed by atoms with Crippen LogP contribution in [0.2, 0.25) is 0 Å². The van der Waals surface area contributed by atoms with Crippen LogP contribution in [0.25, 0.3) is 10.9 Å². The molecule has 0 saturated carbocycles. The highest BCUT2D eigenvalue weighted by molar-refractivity contribution is 5.98. The Kier molecular flexibility index (Phi) is 25.8. The van der Waals surface area contributed by atoms with Crippen LogP contribution < -0.4 is 65.5 Å². The molecule has 8 atom stereocenters. The van der Waals surface area contributed by atoms with Crippen LogP contribution in [-0.2, 0) is 72.0 Å². The van der Waals surface area contributed by atoms with E-state index in [9.17, 15) is 63.0 Å². The number of aromatic amines is 2. The Labute approximate surface area is 493 Å². The molecule has 466 valence electrons. The van der Waals surface area contributed by atoms with Gasteiger partial charge in [0.2, 0.25) is 59.1 Å². The number of H-pyrrole nitrogens is 2. The molecule has 31 heteroatoms. The SMILES string of the molecule is CC(C)CC(NC(=O)CNC(=O)C(Cc1ccc(O)cc1)NC(=O)C(CO)NC(=O)C(Cc1c[nH]c2ccccc12)NC(=O)C(Cc1cnc[nH]1)NC(=O)C(N)CCC(=O)O)C(=O)NC(CCCN=C(N)N)C(=O)N1CCCC1C(=O)NCC(N)=O. The Bertz CT molecular complexity index is 3040. The number of phenols is 1. The highest BCUT2D eigenvalue weighted by Crippen LogP contribution is 2.22. The van der Waals surface area contributed by atoms with Crippen LogP contribution in [0, 0.1) is 5.92 Å². The third kappa shape index (κ3) is 21.2. The van der Waals surface area contributed by atoms with E-state index < -0.39 is 139 Å². The predicted octanol–water partition coefficient (Wildman–Crippen LogP) is -4.47. The summed E-state index contributed by atoms with van der Waals surface area (Å²) in [4.78, 5) is 163. The van der Waals surface area contributed by atoms with Crippen LogP contribution in [0.5, 0.6) is 5.75 Å². The molecule has 0 aliphatic carbocycles. The molecule has 2 aromatic carbocycles. The number of benzene rings is 2. The van der Waals surface area contributed by atoms with Crippen molar-refractivity contribution < 1.29 is 68.1 Å². The lowest BCUT2D eigenvalue weighted by Crippen LogP contribution is -2.60. The molecule has 1 saturated heterocycles. The van der Waals surface area contributed by atoms with E-state index in [-0.39, 0.29) is 82.1 Å². The molecule has 10 amide bonds. The Morgan fingerprint density at radius 1 is 0.721 bits per heavy atom. The van der Waals surface area contributed by atoms with Gasteiger partial charge in [0.05, 0.1) is 32.1 Å². The van der Waals surface area contributed by atoms with Gasteiger partial charge in [0, 0.05) is 67.8 Å². The second kappa shape index (κ2) is 33.0. The predicted molar refractivity (Wildman–Crippen MR) is 309 cm³/mol. The van der Waals surface area contributed by atoms with Crippen molar-refractivity contribution in [3.05, 3.63) is 84.1 Å². The molecular weight excluding hydrogens is 1120 g/mol. The first-order chi connectivity index (χ1) is 40.9. The van der Waals surface area contributed by atoms with E-state index in [1.165, 1.54) is 41.7 Å². The number of nitrogens with zero attached hydrogens (tertiary/aromatic N) is 3. The number of aliphatic hydroxyl groups is 1. The number of carboxylic acid groups (broad SMARTS) is 1. The molecule has 1 fully saturated rings. The van der Waals surface area contributed by atoms with Gasteiger partial charge in [-0.15, -0.1) is 0 Å². The fraction of sp³-hybridized carbons (Fsp3) is 0.473. The summed E-state index contributed by atoms with van der Waals surface area (Å²) in [7, 11) is 0. The number of para-hydroxylation sites is 1. The number of primary amides is 1. The molecule has 0 bridgehead atoms. The summed E-state index contributed by atoms with van der Waals surface area (Å²) in [6.07, 6.45) is 3.95. The van der Waals surface area contributed by atoms with Gasteiger partial charge in [-0.3, -0.25) is 57.7 Å². The van der Waals surface area contributed by atoms with Crippen molar-refractivity contribution in [2.45, 2.75) is 126 Å². The maximum Gasteiger partial charge on any atom is 0.303 e. The largest absolute Gasteiger partial charge is 0.508 e. The highest BCUT2D eigenvalue weighted by Gasteiger charge is 2.39. The van der Waals surface area contributed by atoms with Gasteiger partial charge < -0.3 is 95.7 Å². The lowest BCUT2D eigenvalue weighted by molar-refractivity contribution is -0.142. The van der Waals surface area contributed by atoms with Gasteiger partial charge >= 0.3 is 5.97 Å². The lowest BCUT2D eigenvalue weighted by atomic mass is 10.0. The highest BCUT2D eigenvalue weighted by atomic mass is 16.4. The Balaban J connectivity index is 1.33. The molecule has 0 spiro atoms. The number of aromatic nitrogens is 3. The fourth-order valence-electron chi connectivity index (χ4n) is 9.40.